The molecule has 8 heteroatoms. The number of nitrogens with zero attached hydrogens (tertiary/aromatic N) is 1. The molecule has 1 saturated heterocycles. The van der Waals surface area contributed by atoms with Gasteiger partial charge in [0.1, 0.15) is 5.66 Å². The summed E-state index contributed by atoms with van der Waals surface area (Å²) in [7, 11) is 0. The average molecular weight is 410 g/mol. The third kappa shape index (κ3) is 3.82. The van der Waals surface area contributed by atoms with Crippen molar-refractivity contribution < 1.29 is 18.0 Å². The molecule has 1 fully saturated rings. The molecular formula is C20H19ClF3N3O. The van der Waals surface area contributed by atoms with Crippen LogP contribution >= 0.6 is 11.6 Å². The summed E-state index contributed by atoms with van der Waals surface area (Å²) >= 11 is 6.05. The van der Waals surface area contributed by atoms with Gasteiger partial charge in [-0.25, -0.2) is 0 Å². The number of likely N-dealkylation sites (tertiary alicyclic amines) is 1. The standard InChI is InChI=1S/C20H19ClF3N3O/c21-15-5-6-16-17(11-15)25-19(26-18(16)28)7-9-27(10-8-19)12-13-1-3-14(4-2-13)20(22,23)24/h1-6,11,25H,7-10,12H2,(H,26,28). The Bertz CT molecular complexity index is 891. The Morgan fingerprint density at radius 1 is 1.04 bits per heavy atom. The molecule has 0 aromatic heterocycles. The van der Waals surface area contributed by atoms with Crippen LogP contribution in [0.1, 0.15) is 34.3 Å². The van der Waals surface area contributed by atoms with E-state index in [1.165, 1.54) is 12.1 Å². The second-order valence-electron chi connectivity index (χ2n) is 7.32. The van der Waals surface area contributed by atoms with Gasteiger partial charge in [-0.15, -0.1) is 0 Å². The zero-order valence-electron chi connectivity index (χ0n) is 14.9. The molecule has 4 nitrogen and oxygen atoms in total. The fourth-order valence-corrected chi connectivity index (χ4v) is 3.96. The number of alkyl halides is 3. The Labute approximate surface area is 165 Å². The lowest BCUT2D eigenvalue weighted by Gasteiger charge is -2.46. The van der Waals surface area contributed by atoms with Gasteiger partial charge < -0.3 is 10.6 Å². The van der Waals surface area contributed by atoms with Crippen molar-refractivity contribution in [1.82, 2.24) is 10.2 Å². The first-order valence-corrected chi connectivity index (χ1v) is 9.41. The molecule has 2 aromatic carbocycles. The van der Waals surface area contributed by atoms with Crippen molar-refractivity contribution in [2.75, 3.05) is 18.4 Å². The van der Waals surface area contributed by atoms with Crippen molar-refractivity contribution in [1.29, 1.82) is 0 Å². The monoisotopic (exact) mass is 409 g/mol. The van der Waals surface area contributed by atoms with Crippen LogP contribution in [0.5, 0.6) is 0 Å². The highest BCUT2D eigenvalue weighted by atomic mass is 35.5. The maximum Gasteiger partial charge on any atom is 0.416 e. The Morgan fingerprint density at radius 3 is 2.36 bits per heavy atom. The van der Waals surface area contributed by atoms with Gasteiger partial charge in [0.25, 0.3) is 5.91 Å². The van der Waals surface area contributed by atoms with Crippen LogP contribution in [0.3, 0.4) is 0 Å². The zero-order chi connectivity index (χ0) is 19.9. The number of hydrogen-bond donors (Lipinski definition) is 2. The first kappa shape index (κ1) is 19.1. The summed E-state index contributed by atoms with van der Waals surface area (Å²) in [4.78, 5) is 14.6. The third-order valence-corrected chi connectivity index (χ3v) is 5.59. The molecule has 148 valence electrons. The predicted molar refractivity (Wildman–Crippen MR) is 101 cm³/mol. The quantitative estimate of drug-likeness (QED) is 0.767. The number of hydrogen-bond acceptors (Lipinski definition) is 3. The van der Waals surface area contributed by atoms with Gasteiger partial charge in [0.05, 0.1) is 16.8 Å². The van der Waals surface area contributed by atoms with Gasteiger partial charge in [0.2, 0.25) is 0 Å². The van der Waals surface area contributed by atoms with E-state index in [4.69, 9.17) is 11.6 Å². The van der Waals surface area contributed by atoms with Crippen LogP contribution in [-0.2, 0) is 12.7 Å². The van der Waals surface area contributed by atoms with Gasteiger partial charge >= 0.3 is 6.18 Å². The van der Waals surface area contributed by atoms with Crippen LogP contribution in [0, 0.1) is 0 Å². The molecular weight excluding hydrogens is 391 g/mol. The highest BCUT2D eigenvalue weighted by Gasteiger charge is 2.40. The van der Waals surface area contributed by atoms with E-state index >= 15 is 0 Å². The molecule has 1 amide bonds. The van der Waals surface area contributed by atoms with Gasteiger partial charge in [-0.3, -0.25) is 9.69 Å². The number of anilines is 1. The summed E-state index contributed by atoms with van der Waals surface area (Å²) in [5, 5.41) is 7.06. The molecule has 0 bridgehead atoms. The fraction of sp³-hybridized carbons (Fsp3) is 0.350. The van der Waals surface area contributed by atoms with Gasteiger partial charge in [0.15, 0.2) is 0 Å². The number of nitrogens with one attached hydrogen (secondary N) is 2. The van der Waals surface area contributed by atoms with Crippen LogP contribution in [0.25, 0.3) is 0 Å². The van der Waals surface area contributed by atoms with Gasteiger partial charge in [-0.1, -0.05) is 23.7 Å². The number of benzene rings is 2. The lowest BCUT2D eigenvalue weighted by atomic mass is 9.92. The molecule has 0 aliphatic carbocycles. The summed E-state index contributed by atoms with van der Waals surface area (Å²) in [6.07, 6.45) is -2.95. The number of fused-ring (bicyclic) bond motifs is 1. The molecule has 0 unspecified atom stereocenters. The summed E-state index contributed by atoms with van der Waals surface area (Å²) < 4.78 is 38.0. The minimum atomic E-state index is -4.32. The molecule has 1 spiro atoms. The highest BCUT2D eigenvalue weighted by Crippen LogP contribution is 2.33. The topological polar surface area (TPSA) is 44.4 Å². The van der Waals surface area contributed by atoms with E-state index in [-0.39, 0.29) is 5.91 Å². The Balaban J connectivity index is 1.40. The van der Waals surface area contributed by atoms with E-state index in [0.717, 1.165) is 23.4 Å². The van der Waals surface area contributed by atoms with Gasteiger partial charge in [-0.05, 0) is 35.9 Å². The van der Waals surface area contributed by atoms with E-state index in [9.17, 15) is 18.0 Å². The lowest BCUT2D eigenvalue weighted by Crippen LogP contribution is -2.62. The van der Waals surface area contributed by atoms with Crippen LogP contribution in [0.2, 0.25) is 5.02 Å². The van der Waals surface area contributed by atoms with Crippen molar-refractivity contribution in [3.05, 3.63) is 64.2 Å². The molecule has 2 aliphatic heterocycles. The van der Waals surface area contributed by atoms with Crippen LogP contribution in [0.15, 0.2) is 42.5 Å². The molecule has 0 radical (unpaired) electrons. The Hall–Kier alpha value is -2.25. The normalized spacial score (nSPS) is 19.1. The fourth-order valence-electron chi connectivity index (χ4n) is 3.79. The smallest absolute Gasteiger partial charge is 0.362 e. The summed E-state index contributed by atoms with van der Waals surface area (Å²) in [6.45, 7) is 2.00. The maximum absolute atomic E-state index is 12.7. The number of carbonyl (C=O) groups excluding carboxylic acids is 1. The lowest BCUT2D eigenvalue weighted by molar-refractivity contribution is -0.137. The largest absolute Gasteiger partial charge is 0.416 e. The maximum atomic E-state index is 12.7. The first-order chi connectivity index (χ1) is 13.2. The number of amides is 1. The van der Waals surface area contributed by atoms with Crippen LogP contribution in [0.4, 0.5) is 18.9 Å². The SMILES string of the molecule is O=C1NC2(CCN(Cc3ccc(C(F)(F)F)cc3)CC2)Nc2cc(Cl)ccc21. The van der Waals surface area contributed by atoms with E-state index in [0.29, 0.717) is 43.1 Å². The van der Waals surface area contributed by atoms with Crippen molar-refractivity contribution in [2.24, 2.45) is 0 Å². The second-order valence-corrected chi connectivity index (χ2v) is 7.76. The van der Waals surface area contributed by atoms with E-state index < -0.39 is 17.4 Å². The first-order valence-electron chi connectivity index (χ1n) is 9.03. The van der Waals surface area contributed by atoms with Crippen molar-refractivity contribution in [2.45, 2.75) is 31.2 Å². The van der Waals surface area contributed by atoms with Crippen LogP contribution in [-0.4, -0.2) is 29.6 Å². The number of carbonyl (C=O) groups is 1. The molecule has 28 heavy (non-hydrogen) atoms. The Kier molecular flexibility index (Phi) is 4.75. The van der Waals surface area contributed by atoms with Gasteiger partial charge in [0, 0.05) is 37.5 Å². The summed E-state index contributed by atoms with van der Waals surface area (Å²) in [6, 6.07) is 10.4. The van der Waals surface area contributed by atoms with Crippen molar-refractivity contribution in [3.63, 3.8) is 0 Å². The number of rotatable bonds is 2. The van der Waals surface area contributed by atoms with E-state index in [1.807, 2.05) is 0 Å². The van der Waals surface area contributed by atoms with Crippen molar-refractivity contribution in [3.8, 4) is 0 Å². The molecule has 0 saturated carbocycles. The predicted octanol–water partition coefficient (Wildman–Crippen LogP) is 4.51. The van der Waals surface area contributed by atoms with E-state index in [2.05, 4.69) is 15.5 Å². The zero-order valence-corrected chi connectivity index (χ0v) is 15.7. The summed E-state index contributed by atoms with van der Waals surface area (Å²) in [5.41, 5.74) is 0.974. The molecule has 4 rings (SSSR count). The molecule has 2 aliphatic rings. The minimum absolute atomic E-state index is 0.124. The molecule has 2 heterocycles. The number of halogens is 4. The van der Waals surface area contributed by atoms with E-state index in [1.54, 1.807) is 18.2 Å². The highest BCUT2D eigenvalue weighted by molar-refractivity contribution is 6.31. The second kappa shape index (κ2) is 6.97. The minimum Gasteiger partial charge on any atom is -0.362 e. The van der Waals surface area contributed by atoms with Crippen molar-refractivity contribution >= 4 is 23.2 Å². The number of piperidine rings is 1. The summed E-state index contributed by atoms with van der Waals surface area (Å²) in [5.74, 6) is -0.124. The third-order valence-electron chi connectivity index (χ3n) is 5.35. The van der Waals surface area contributed by atoms with Crippen LogP contribution < -0.4 is 10.6 Å². The molecule has 0 atom stereocenters. The van der Waals surface area contributed by atoms with Gasteiger partial charge in [-0.2, -0.15) is 13.2 Å². The molecule has 2 N–H and O–H groups in total. The molecule has 2 aromatic rings. The average Bonchev–Trinajstić information content (AvgIpc) is 2.63. The Morgan fingerprint density at radius 2 is 1.71 bits per heavy atom.